The summed E-state index contributed by atoms with van der Waals surface area (Å²) in [4.78, 5) is 23.6. The molecule has 2 rings (SSSR count). The summed E-state index contributed by atoms with van der Waals surface area (Å²) in [7, 11) is 1.32. The van der Waals surface area contributed by atoms with Crippen molar-refractivity contribution in [3.63, 3.8) is 0 Å². The van der Waals surface area contributed by atoms with Gasteiger partial charge in [0.25, 0.3) is 5.69 Å². The summed E-state index contributed by atoms with van der Waals surface area (Å²) in [5.74, 6) is -1.05. The Labute approximate surface area is 144 Å². The van der Waals surface area contributed by atoms with Gasteiger partial charge in [0.05, 0.1) is 24.2 Å². The fourth-order valence-electron chi connectivity index (χ4n) is 2.25. The third-order valence-electron chi connectivity index (χ3n) is 3.44. The van der Waals surface area contributed by atoms with E-state index in [-0.39, 0.29) is 17.5 Å². The standard InChI is InChI=1S/C16H21FN2O6/c1-16(2,3)25-15(20)18(4)12-8-14(24-10-5-6-23-9-10)11(17)7-13(12)19(21)22/h7-8,10H,5-6,9H2,1-4H3. The number of amides is 1. The van der Waals surface area contributed by atoms with E-state index in [1.54, 1.807) is 20.8 Å². The molecule has 138 valence electrons. The molecule has 1 saturated heterocycles. The second-order valence-electron chi connectivity index (χ2n) is 6.67. The van der Waals surface area contributed by atoms with Crippen molar-refractivity contribution in [3.8, 4) is 5.75 Å². The number of halogens is 1. The first-order chi connectivity index (χ1) is 11.6. The molecule has 1 aliphatic rings. The van der Waals surface area contributed by atoms with Crippen molar-refractivity contribution in [1.82, 2.24) is 0 Å². The molecule has 0 N–H and O–H groups in total. The van der Waals surface area contributed by atoms with Gasteiger partial charge in [-0.3, -0.25) is 15.0 Å². The molecule has 8 nitrogen and oxygen atoms in total. The molecule has 0 spiro atoms. The lowest BCUT2D eigenvalue weighted by atomic mass is 10.2. The molecule has 1 amide bonds. The van der Waals surface area contributed by atoms with E-state index in [1.165, 1.54) is 7.05 Å². The molecule has 0 aliphatic carbocycles. The van der Waals surface area contributed by atoms with Crippen LogP contribution in [0.3, 0.4) is 0 Å². The van der Waals surface area contributed by atoms with Crippen molar-refractivity contribution in [2.24, 2.45) is 0 Å². The number of carbonyl (C=O) groups is 1. The number of nitrogens with zero attached hydrogens (tertiary/aromatic N) is 2. The Hall–Kier alpha value is -2.42. The van der Waals surface area contributed by atoms with E-state index in [0.717, 1.165) is 17.0 Å². The molecule has 1 atom stereocenters. The van der Waals surface area contributed by atoms with Gasteiger partial charge in [0.1, 0.15) is 17.4 Å². The number of hydrogen-bond donors (Lipinski definition) is 0. The third kappa shape index (κ3) is 4.79. The number of ether oxygens (including phenoxy) is 3. The molecule has 9 heteroatoms. The minimum absolute atomic E-state index is 0.116. The second-order valence-corrected chi connectivity index (χ2v) is 6.67. The molecular weight excluding hydrogens is 335 g/mol. The molecule has 0 bridgehead atoms. The minimum atomic E-state index is -0.875. The van der Waals surface area contributed by atoms with Gasteiger partial charge in [-0.25, -0.2) is 9.18 Å². The van der Waals surface area contributed by atoms with Crippen LogP contribution < -0.4 is 9.64 Å². The predicted octanol–water partition coefficient (Wildman–Crippen LogP) is 3.27. The maximum Gasteiger partial charge on any atom is 0.414 e. The largest absolute Gasteiger partial charge is 0.485 e. The summed E-state index contributed by atoms with van der Waals surface area (Å²) in [6, 6.07) is 1.87. The zero-order chi connectivity index (χ0) is 18.8. The highest BCUT2D eigenvalue weighted by Gasteiger charge is 2.29. The van der Waals surface area contributed by atoms with E-state index >= 15 is 0 Å². The van der Waals surface area contributed by atoms with Gasteiger partial charge in [-0.15, -0.1) is 0 Å². The maximum absolute atomic E-state index is 14.2. The minimum Gasteiger partial charge on any atom is -0.485 e. The van der Waals surface area contributed by atoms with E-state index < -0.39 is 28.1 Å². The quantitative estimate of drug-likeness (QED) is 0.607. The van der Waals surface area contributed by atoms with E-state index in [4.69, 9.17) is 14.2 Å². The lowest BCUT2D eigenvalue weighted by Crippen LogP contribution is -2.34. The molecule has 1 aromatic rings. The van der Waals surface area contributed by atoms with Crippen molar-refractivity contribution in [2.45, 2.75) is 38.9 Å². The van der Waals surface area contributed by atoms with E-state index in [0.29, 0.717) is 19.6 Å². The molecule has 1 heterocycles. The van der Waals surface area contributed by atoms with Crippen LogP contribution in [-0.4, -0.2) is 43.0 Å². The Morgan fingerprint density at radius 2 is 2.12 bits per heavy atom. The van der Waals surface area contributed by atoms with Crippen molar-refractivity contribution in [3.05, 3.63) is 28.1 Å². The van der Waals surface area contributed by atoms with Crippen LogP contribution in [0.25, 0.3) is 0 Å². The SMILES string of the molecule is CN(C(=O)OC(C)(C)C)c1cc(OC2CCOC2)c(F)cc1[N+](=O)[O-]. The number of carbonyl (C=O) groups excluding carboxylic acids is 1. The molecule has 0 saturated carbocycles. The van der Waals surface area contributed by atoms with E-state index in [1.807, 2.05) is 0 Å². The van der Waals surface area contributed by atoms with Crippen LogP contribution in [0.2, 0.25) is 0 Å². The molecule has 1 unspecified atom stereocenters. The van der Waals surface area contributed by atoms with E-state index in [2.05, 4.69) is 0 Å². The first kappa shape index (κ1) is 18.9. The molecular formula is C16H21FN2O6. The second kappa shape index (κ2) is 7.22. The molecule has 0 radical (unpaired) electrons. The average Bonchev–Trinajstić information content (AvgIpc) is 2.99. The Morgan fingerprint density at radius 1 is 1.44 bits per heavy atom. The number of anilines is 1. The van der Waals surface area contributed by atoms with Crippen LogP contribution in [0.4, 0.5) is 20.6 Å². The molecule has 0 aromatic heterocycles. The highest BCUT2D eigenvalue weighted by molar-refractivity contribution is 5.90. The summed E-state index contributed by atoms with van der Waals surface area (Å²) in [6.07, 6.45) is -0.541. The van der Waals surface area contributed by atoms with Crippen molar-refractivity contribution in [1.29, 1.82) is 0 Å². The lowest BCUT2D eigenvalue weighted by Gasteiger charge is -2.25. The molecule has 1 fully saturated rings. The van der Waals surface area contributed by atoms with Crippen molar-refractivity contribution >= 4 is 17.5 Å². The average molecular weight is 356 g/mol. The monoisotopic (exact) mass is 356 g/mol. The van der Waals surface area contributed by atoms with Gasteiger partial charge in [-0.05, 0) is 20.8 Å². The lowest BCUT2D eigenvalue weighted by molar-refractivity contribution is -0.384. The van der Waals surface area contributed by atoms with Crippen LogP contribution >= 0.6 is 0 Å². The fraction of sp³-hybridized carbons (Fsp3) is 0.562. The third-order valence-corrected chi connectivity index (χ3v) is 3.44. The summed E-state index contributed by atoms with van der Waals surface area (Å²) in [5, 5.41) is 11.2. The first-order valence-electron chi connectivity index (χ1n) is 7.77. The van der Waals surface area contributed by atoms with Gasteiger partial charge in [-0.2, -0.15) is 0 Å². The number of rotatable bonds is 4. The highest BCUT2D eigenvalue weighted by atomic mass is 19.1. The number of nitro benzene ring substituents is 1. The van der Waals surface area contributed by atoms with E-state index in [9.17, 15) is 19.3 Å². The number of hydrogen-bond acceptors (Lipinski definition) is 6. The Bertz CT molecular complexity index is 667. The van der Waals surface area contributed by atoms with Crippen LogP contribution in [0.15, 0.2) is 12.1 Å². The van der Waals surface area contributed by atoms with Crippen LogP contribution in [0, 0.1) is 15.9 Å². The summed E-state index contributed by atoms with van der Waals surface area (Å²) in [6.45, 7) is 5.84. The topological polar surface area (TPSA) is 91.1 Å². The Balaban J connectivity index is 2.35. The number of nitro groups is 1. The zero-order valence-electron chi connectivity index (χ0n) is 14.6. The van der Waals surface area contributed by atoms with Crippen LogP contribution in [-0.2, 0) is 9.47 Å². The van der Waals surface area contributed by atoms with Crippen molar-refractivity contribution < 1.29 is 28.3 Å². The summed E-state index contributed by atoms with van der Waals surface area (Å²) < 4.78 is 30.0. The molecule has 1 aromatic carbocycles. The predicted molar refractivity (Wildman–Crippen MR) is 87.5 cm³/mol. The zero-order valence-corrected chi connectivity index (χ0v) is 14.6. The molecule has 25 heavy (non-hydrogen) atoms. The summed E-state index contributed by atoms with van der Waals surface area (Å²) >= 11 is 0. The maximum atomic E-state index is 14.2. The van der Waals surface area contributed by atoms with Crippen LogP contribution in [0.1, 0.15) is 27.2 Å². The van der Waals surface area contributed by atoms with Gasteiger partial charge < -0.3 is 14.2 Å². The Kier molecular flexibility index (Phi) is 5.46. The van der Waals surface area contributed by atoms with Gasteiger partial charge in [0.2, 0.25) is 0 Å². The van der Waals surface area contributed by atoms with Crippen molar-refractivity contribution in [2.75, 3.05) is 25.2 Å². The Morgan fingerprint density at radius 3 is 2.64 bits per heavy atom. The van der Waals surface area contributed by atoms with Gasteiger partial charge in [0, 0.05) is 19.5 Å². The van der Waals surface area contributed by atoms with Gasteiger partial charge >= 0.3 is 6.09 Å². The van der Waals surface area contributed by atoms with Gasteiger partial charge in [0.15, 0.2) is 11.6 Å². The first-order valence-corrected chi connectivity index (χ1v) is 7.77. The molecule has 1 aliphatic heterocycles. The van der Waals surface area contributed by atoms with Gasteiger partial charge in [-0.1, -0.05) is 0 Å². The normalized spacial score (nSPS) is 17.2. The van der Waals surface area contributed by atoms with Crippen LogP contribution in [0.5, 0.6) is 5.75 Å². The smallest absolute Gasteiger partial charge is 0.414 e. The fourth-order valence-corrected chi connectivity index (χ4v) is 2.25. The number of benzene rings is 1. The summed E-state index contributed by atoms with van der Waals surface area (Å²) in [5.41, 5.74) is -1.45. The highest BCUT2D eigenvalue weighted by Crippen LogP contribution is 2.35.